The van der Waals surface area contributed by atoms with Crippen molar-refractivity contribution >= 4 is 11.3 Å². The van der Waals surface area contributed by atoms with E-state index in [1.54, 1.807) is 11.3 Å². The molecule has 0 aliphatic rings. The molecule has 3 heteroatoms. The Morgan fingerprint density at radius 3 is 2.48 bits per heavy atom. The lowest BCUT2D eigenvalue weighted by Gasteiger charge is -2.13. The Morgan fingerprint density at radius 1 is 1.10 bits per heavy atom. The second kappa shape index (κ2) is 8.20. The van der Waals surface area contributed by atoms with Gasteiger partial charge in [0.15, 0.2) is 0 Å². The molecule has 1 aromatic carbocycles. The summed E-state index contributed by atoms with van der Waals surface area (Å²) in [4.78, 5) is 1.38. The molecule has 0 aliphatic heterocycles. The Morgan fingerprint density at radius 2 is 1.86 bits per heavy atom. The summed E-state index contributed by atoms with van der Waals surface area (Å²) in [7, 11) is 0. The van der Waals surface area contributed by atoms with Gasteiger partial charge in [-0.25, -0.2) is 0 Å². The molecule has 0 spiro atoms. The Kier molecular flexibility index (Phi) is 6.27. The maximum atomic E-state index is 5.74. The topological polar surface area (TPSA) is 21.3 Å². The largest absolute Gasteiger partial charge is 0.494 e. The molecule has 0 amide bonds. The number of rotatable bonds is 8. The first-order valence-electron chi connectivity index (χ1n) is 7.63. The summed E-state index contributed by atoms with van der Waals surface area (Å²) in [5, 5.41) is 5.67. The second-order valence-corrected chi connectivity index (χ2v) is 6.77. The molecule has 1 aromatic heterocycles. The van der Waals surface area contributed by atoms with Gasteiger partial charge in [-0.2, -0.15) is 0 Å². The Labute approximate surface area is 132 Å². The predicted molar refractivity (Wildman–Crippen MR) is 91.0 cm³/mol. The van der Waals surface area contributed by atoms with Crippen molar-refractivity contribution in [1.29, 1.82) is 0 Å². The van der Waals surface area contributed by atoms with Crippen molar-refractivity contribution in [2.45, 2.75) is 39.8 Å². The van der Waals surface area contributed by atoms with Gasteiger partial charge in [0.2, 0.25) is 0 Å². The molecule has 0 bridgehead atoms. The van der Waals surface area contributed by atoms with Gasteiger partial charge >= 0.3 is 0 Å². The molecule has 0 saturated heterocycles. The van der Waals surface area contributed by atoms with E-state index in [9.17, 15) is 0 Å². The minimum atomic E-state index is 0.395. The fraction of sp³-hybridized carbons (Fsp3) is 0.444. The zero-order chi connectivity index (χ0) is 15.1. The number of benzene rings is 1. The quantitative estimate of drug-likeness (QED) is 0.739. The maximum absolute atomic E-state index is 5.74. The first-order valence-corrected chi connectivity index (χ1v) is 8.51. The number of nitrogens with one attached hydrogen (secondary N) is 1. The Bertz CT molecular complexity index is 505. The summed E-state index contributed by atoms with van der Waals surface area (Å²) in [5.74, 6) is 1.65. The van der Waals surface area contributed by atoms with Crippen molar-refractivity contribution < 1.29 is 4.74 Å². The fourth-order valence-electron chi connectivity index (χ4n) is 2.03. The molecular formula is C18H25NOS. The third-order valence-electron chi connectivity index (χ3n) is 3.47. The van der Waals surface area contributed by atoms with Crippen LogP contribution < -0.4 is 10.1 Å². The first-order chi connectivity index (χ1) is 10.1. The normalized spacial score (nSPS) is 12.6. The number of hydrogen-bond acceptors (Lipinski definition) is 3. The van der Waals surface area contributed by atoms with Crippen LogP contribution in [0.5, 0.6) is 5.75 Å². The van der Waals surface area contributed by atoms with Gasteiger partial charge in [-0.3, -0.25) is 0 Å². The molecule has 1 N–H and O–H groups in total. The number of ether oxygens (including phenoxy) is 1. The van der Waals surface area contributed by atoms with Gasteiger partial charge in [0.05, 0.1) is 6.61 Å². The monoisotopic (exact) mass is 303 g/mol. The second-order valence-electron chi connectivity index (χ2n) is 5.79. The van der Waals surface area contributed by atoms with Crippen LogP contribution in [0.3, 0.4) is 0 Å². The van der Waals surface area contributed by atoms with Crippen LogP contribution in [-0.2, 0) is 6.54 Å². The van der Waals surface area contributed by atoms with Gasteiger partial charge in [-0.15, -0.1) is 11.3 Å². The van der Waals surface area contributed by atoms with Crippen molar-refractivity contribution in [3.8, 4) is 5.75 Å². The summed E-state index contributed by atoms with van der Waals surface area (Å²) in [5.41, 5.74) is 1.29. The highest BCUT2D eigenvalue weighted by molar-refractivity contribution is 7.10. The smallest absolute Gasteiger partial charge is 0.119 e. The van der Waals surface area contributed by atoms with Crippen molar-refractivity contribution in [1.82, 2.24) is 5.32 Å². The standard InChI is InChI=1S/C18H25NOS/c1-14(2)10-11-20-17-8-6-16(7-9-17)13-19-15(3)18-5-4-12-21-18/h4-9,12,14-15,19H,10-11,13H2,1-3H3/t15-/m1/s1. The van der Waals surface area contributed by atoms with E-state index in [1.165, 1.54) is 10.4 Å². The molecule has 2 nitrogen and oxygen atoms in total. The third-order valence-corrected chi connectivity index (χ3v) is 4.52. The lowest BCUT2D eigenvalue weighted by atomic mass is 10.1. The van der Waals surface area contributed by atoms with E-state index in [0.717, 1.165) is 25.3 Å². The fourth-order valence-corrected chi connectivity index (χ4v) is 2.78. The van der Waals surface area contributed by atoms with Crippen molar-refractivity contribution in [3.63, 3.8) is 0 Å². The van der Waals surface area contributed by atoms with E-state index in [0.29, 0.717) is 12.0 Å². The van der Waals surface area contributed by atoms with E-state index in [2.05, 4.69) is 67.9 Å². The minimum Gasteiger partial charge on any atom is -0.494 e. The Balaban J connectivity index is 1.77. The van der Waals surface area contributed by atoms with Crippen molar-refractivity contribution in [3.05, 3.63) is 52.2 Å². The van der Waals surface area contributed by atoms with Crippen molar-refractivity contribution in [2.75, 3.05) is 6.61 Å². The predicted octanol–water partition coefficient (Wildman–Crippen LogP) is 5.02. The molecule has 1 atom stereocenters. The summed E-state index contributed by atoms with van der Waals surface area (Å²) in [6.07, 6.45) is 1.10. The lowest BCUT2D eigenvalue weighted by Crippen LogP contribution is -2.17. The lowest BCUT2D eigenvalue weighted by molar-refractivity contribution is 0.289. The number of hydrogen-bond donors (Lipinski definition) is 1. The average Bonchev–Trinajstić information content (AvgIpc) is 3.00. The van der Waals surface area contributed by atoms with Gasteiger partial charge in [0.1, 0.15) is 5.75 Å². The molecule has 0 unspecified atom stereocenters. The van der Waals surface area contributed by atoms with E-state index in [-0.39, 0.29) is 0 Å². The first kappa shape index (κ1) is 16.1. The molecule has 0 saturated carbocycles. The van der Waals surface area contributed by atoms with Crippen LogP contribution in [0, 0.1) is 5.92 Å². The highest BCUT2D eigenvalue weighted by Gasteiger charge is 2.05. The van der Waals surface area contributed by atoms with Gasteiger partial charge in [-0.05, 0) is 48.4 Å². The number of thiophene rings is 1. The molecule has 0 aliphatic carbocycles. The zero-order valence-electron chi connectivity index (χ0n) is 13.1. The van der Waals surface area contributed by atoms with Crippen LogP contribution >= 0.6 is 11.3 Å². The molecule has 0 radical (unpaired) electrons. The zero-order valence-corrected chi connectivity index (χ0v) is 14.0. The molecule has 0 fully saturated rings. The van der Waals surface area contributed by atoms with Crippen LogP contribution in [0.2, 0.25) is 0 Å². The van der Waals surface area contributed by atoms with Gasteiger partial charge in [-0.1, -0.05) is 32.0 Å². The highest BCUT2D eigenvalue weighted by atomic mass is 32.1. The molecule has 1 heterocycles. The summed E-state index contributed by atoms with van der Waals surface area (Å²) in [6, 6.07) is 13.1. The average molecular weight is 303 g/mol. The molecule has 21 heavy (non-hydrogen) atoms. The van der Waals surface area contributed by atoms with Gasteiger partial charge < -0.3 is 10.1 Å². The van der Waals surface area contributed by atoms with Crippen LogP contribution in [0.15, 0.2) is 41.8 Å². The maximum Gasteiger partial charge on any atom is 0.119 e. The summed E-state index contributed by atoms with van der Waals surface area (Å²) < 4.78 is 5.74. The van der Waals surface area contributed by atoms with E-state index in [4.69, 9.17) is 4.74 Å². The molecule has 114 valence electrons. The summed E-state index contributed by atoms with van der Waals surface area (Å²) in [6.45, 7) is 8.31. The van der Waals surface area contributed by atoms with Crippen LogP contribution in [-0.4, -0.2) is 6.61 Å². The van der Waals surface area contributed by atoms with E-state index in [1.807, 2.05) is 0 Å². The van der Waals surface area contributed by atoms with Crippen LogP contribution in [0.4, 0.5) is 0 Å². The molecular weight excluding hydrogens is 278 g/mol. The van der Waals surface area contributed by atoms with Gasteiger partial charge in [0.25, 0.3) is 0 Å². The van der Waals surface area contributed by atoms with Gasteiger partial charge in [0, 0.05) is 17.5 Å². The van der Waals surface area contributed by atoms with E-state index >= 15 is 0 Å². The minimum absolute atomic E-state index is 0.395. The van der Waals surface area contributed by atoms with E-state index < -0.39 is 0 Å². The van der Waals surface area contributed by atoms with Crippen LogP contribution in [0.1, 0.15) is 43.7 Å². The third kappa shape index (κ3) is 5.52. The molecule has 2 aromatic rings. The summed E-state index contributed by atoms with van der Waals surface area (Å²) >= 11 is 1.80. The van der Waals surface area contributed by atoms with Crippen LogP contribution in [0.25, 0.3) is 0 Å². The molecule has 2 rings (SSSR count). The Hall–Kier alpha value is -1.32. The van der Waals surface area contributed by atoms with Crippen molar-refractivity contribution in [2.24, 2.45) is 5.92 Å². The highest BCUT2D eigenvalue weighted by Crippen LogP contribution is 2.19. The SMILES string of the molecule is CC(C)CCOc1ccc(CN[C@H](C)c2cccs2)cc1.